The molecule has 1 rings (SSSR count). The lowest BCUT2D eigenvalue weighted by atomic mass is 10.2. The Morgan fingerprint density at radius 3 is 2.45 bits per heavy atom. The van der Waals surface area contributed by atoms with Crippen LogP contribution in [0, 0.1) is 12.7 Å². The number of aryl methyl sites for hydroxylation is 1. The van der Waals surface area contributed by atoms with Crippen LogP contribution in [0.3, 0.4) is 0 Å². The first-order chi connectivity index (χ1) is 5.04. The van der Waals surface area contributed by atoms with Crippen molar-refractivity contribution in [2.45, 2.75) is 6.92 Å². The van der Waals surface area contributed by atoms with Crippen LogP contribution in [0.15, 0.2) is 6.07 Å². The minimum absolute atomic E-state index is 0.103. The number of hydrogen-bond acceptors (Lipinski definition) is 1. The molecule has 0 heterocycles. The van der Waals surface area contributed by atoms with Gasteiger partial charge in [-0.05, 0) is 18.6 Å². The Kier molecular flexibility index (Phi) is 2.25. The maximum atomic E-state index is 12.7. The Balaban J connectivity index is 3.46. The van der Waals surface area contributed by atoms with Crippen molar-refractivity contribution in [2.24, 2.45) is 0 Å². The van der Waals surface area contributed by atoms with Gasteiger partial charge in [0.1, 0.15) is 10.8 Å². The van der Waals surface area contributed by atoms with Crippen LogP contribution in [0.1, 0.15) is 5.56 Å². The normalized spacial score (nSPS) is 10.2. The van der Waals surface area contributed by atoms with Gasteiger partial charge in [0.2, 0.25) is 0 Å². The molecule has 4 heteroatoms. The highest BCUT2D eigenvalue weighted by Gasteiger charge is 2.09. The zero-order valence-corrected chi connectivity index (χ0v) is 7.30. The number of rotatable bonds is 0. The molecule has 0 aliphatic heterocycles. The van der Waals surface area contributed by atoms with Gasteiger partial charge in [0.15, 0.2) is 0 Å². The van der Waals surface area contributed by atoms with E-state index < -0.39 is 5.82 Å². The molecule has 0 aliphatic rings. The number of nitrogens with two attached hydrogens (primary N) is 1. The Morgan fingerprint density at radius 2 is 1.91 bits per heavy atom. The van der Waals surface area contributed by atoms with E-state index in [1.807, 2.05) is 0 Å². The van der Waals surface area contributed by atoms with Crippen molar-refractivity contribution in [1.29, 1.82) is 0 Å². The standard InChI is InChI=1S/C7H6Cl2FN/c1-3-2-4(10)6(9)7(11)5(3)8/h2H,11H2,1H3. The summed E-state index contributed by atoms with van der Waals surface area (Å²) >= 11 is 11.1. The van der Waals surface area contributed by atoms with Crippen molar-refractivity contribution in [3.63, 3.8) is 0 Å². The first-order valence-corrected chi connectivity index (χ1v) is 3.69. The van der Waals surface area contributed by atoms with Gasteiger partial charge in [0.25, 0.3) is 0 Å². The van der Waals surface area contributed by atoms with Crippen LogP contribution in [0.25, 0.3) is 0 Å². The second kappa shape index (κ2) is 2.88. The molecule has 1 aromatic carbocycles. The maximum absolute atomic E-state index is 12.7. The lowest BCUT2D eigenvalue weighted by Crippen LogP contribution is -1.93. The highest BCUT2D eigenvalue weighted by atomic mass is 35.5. The van der Waals surface area contributed by atoms with Crippen molar-refractivity contribution in [3.8, 4) is 0 Å². The monoisotopic (exact) mass is 193 g/mol. The average Bonchev–Trinajstić information content (AvgIpc) is 1.97. The summed E-state index contributed by atoms with van der Waals surface area (Å²) in [6, 6.07) is 1.25. The molecule has 0 aromatic heterocycles. The smallest absolute Gasteiger partial charge is 0.144 e. The molecule has 0 saturated carbocycles. The average molecular weight is 194 g/mol. The lowest BCUT2D eigenvalue weighted by Gasteiger charge is -2.04. The van der Waals surface area contributed by atoms with Crippen molar-refractivity contribution >= 4 is 28.9 Å². The molecule has 0 radical (unpaired) electrons. The molecule has 0 unspecified atom stereocenters. The van der Waals surface area contributed by atoms with E-state index in [4.69, 9.17) is 28.9 Å². The number of nitrogen functional groups attached to an aromatic ring is 1. The molecule has 1 aromatic rings. The third kappa shape index (κ3) is 1.42. The van der Waals surface area contributed by atoms with E-state index in [1.165, 1.54) is 6.07 Å². The predicted octanol–water partition coefficient (Wildman–Crippen LogP) is 3.02. The van der Waals surface area contributed by atoms with Crippen LogP contribution >= 0.6 is 23.2 Å². The summed E-state index contributed by atoms with van der Waals surface area (Å²) in [6.07, 6.45) is 0. The molecule has 0 atom stereocenters. The first-order valence-electron chi connectivity index (χ1n) is 2.93. The molecule has 0 fully saturated rings. The zero-order valence-electron chi connectivity index (χ0n) is 5.79. The number of benzene rings is 1. The zero-order chi connectivity index (χ0) is 8.59. The Morgan fingerprint density at radius 1 is 1.36 bits per heavy atom. The number of hydrogen-bond donors (Lipinski definition) is 1. The van der Waals surface area contributed by atoms with Gasteiger partial charge in [-0.15, -0.1) is 0 Å². The summed E-state index contributed by atoms with van der Waals surface area (Å²) in [5.41, 5.74) is 6.07. The van der Waals surface area contributed by atoms with Crippen molar-refractivity contribution in [1.82, 2.24) is 0 Å². The lowest BCUT2D eigenvalue weighted by molar-refractivity contribution is 0.628. The second-order valence-electron chi connectivity index (χ2n) is 2.22. The highest BCUT2D eigenvalue weighted by Crippen LogP contribution is 2.32. The van der Waals surface area contributed by atoms with Gasteiger partial charge in [-0.3, -0.25) is 0 Å². The van der Waals surface area contributed by atoms with E-state index in [0.29, 0.717) is 10.6 Å². The quantitative estimate of drug-likeness (QED) is 0.498. The van der Waals surface area contributed by atoms with Crippen molar-refractivity contribution in [3.05, 3.63) is 27.5 Å². The van der Waals surface area contributed by atoms with Crippen LogP contribution in [-0.4, -0.2) is 0 Å². The minimum Gasteiger partial charge on any atom is -0.396 e. The Hall–Kier alpha value is -0.470. The fraction of sp³-hybridized carbons (Fsp3) is 0.143. The summed E-state index contributed by atoms with van der Waals surface area (Å²) in [6.45, 7) is 1.66. The van der Waals surface area contributed by atoms with E-state index in [0.717, 1.165) is 0 Å². The molecule has 0 saturated heterocycles. The Bertz CT molecular complexity index is 273. The maximum Gasteiger partial charge on any atom is 0.144 e. The van der Waals surface area contributed by atoms with E-state index in [9.17, 15) is 4.39 Å². The highest BCUT2D eigenvalue weighted by molar-refractivity contribution is 6.39. The third-order valence-corrected chi connectivity index (χ3v) is 2.26. The summed E-state index contributed by atoms with van der Waals surface area (Å²) in [7, 11) is 0. The summed E-state index contributed by atoms with van der Waals surface area (Å²) in [4.78, 5) is 0. The molecule has 2 N–H and O–H groups in total. The van der Waals surface area contributed by atoms with Gasteiger partial charge in [0, 0.05) is 0 Å². The van der Waals surface area contributed by atoms with Gasteiger partial charge in [0.05, 0.1) is 10.7 Å². The summed E-state index contributed by atoms with van der Waals surface area (Å²) < 4.78 is 12.7. The predicted molar refractivity (Wildman–Crippen MR) is 45.6 cm³/mol. The second-order valence-corrected chi connectivity index (χ2v) is 2.97. The van der Waals surface area contributed by atoms with E-state index in [1.54, 1.807) is 6.92 Å². The van der Waals surface area contributed by atoms with Gasteiger partial charge in [-0.1, -0.05) is 23.2 Å². The van der Waals surface area contributed by atoms with Gasteiger partial charge in [-0.2, -0.15) is 0 Å². The molecular weight excluding hydrogens is 188 g/mol. The molecule has 60 valence electrons. The number of halogens is 3. The third-order valence-electron chi connectivity index (χ3n) is 1.37. The van der Waals surface area contributed by atoms with Crippen molar-refractivity contribution in [2.75, 3.05) is 5.73 Å². The molecule has 11 heavy (non-hydrogen) atoms. The molecule has 0 amide bonds. The Labute approximate surface area is 73.9 Å². The molecule has 0 aliphatic carbocycles. The fourth-order valence-corrected chi connectivity index (χ4v) is 1.10. The summed E-state index contributed by atoms with van der Waals surface area (Å²) in [5.74, 6) is -0.536. The van der Waals surface area contributed by atoms with E-state index in [-0.39, 0.29) is 10.7 Å². The van der Waals surface area contributed by atoms with Crippen LogP contribution in [0.2, 0.25) is 10.0 Å². The fourth-order valence-electron chi connectivity index (χ4n) is 0.754. The topological polar surface area (TPSA) is 26.0 Å². The van der Waals surface area contributed by atoms with Gasteiger partial charge in [-0.25, -0.2) is 4.39 Å². The molecule has 0 bridgehead atoms. The SMILES string of the molecule is Cc1cc(F)c(Cl)c(N)c1Cl. The molecule has 1 nitrogen and oxygen atoms in total. The van der Waals surface area contributed by atoms with Crippen molar-refractivity contribution < 1.29 is 4.39 Å². The molecule has 0 spiro atoms. The largest absolute Gasteiger partial charge is 0.396 e. The number of anilines is 1. The molecular formula is C7H6Cl2FN. The van der Waals surface area contributed by atoms with Crippen LogP contribution in [0.5, 0.6) is 0 Å². The van der Waals surface area contributed by atoms with Crippen LogP contribution in [0.4, 0.5) is 10.1 Å². The van der Waals surface area contributed by atoms with Crippen LogP contribution < -0.4 is 5.73 Å². The minimum atomic E-state index is -0.536. The first kappa shape index (κ1) is 8.62. The van der Waals surface area contributed by atoms with E-state index in [2.05, 4.69) is 0 Å². The van der Waals surface area contributed by atoms with Gasteiger partial charge >= 0.3 is 0 Å². The summed E-state index contributed by atoms with van der Waals surface area (Å²) in [5, 5.41) is 0.206. The van der Waals surface area contributed by atoms with Gasteiger partial charge < -0.3 is 5.73 Å². The van der Waals surface area contributed by atoms with E-state index >= 15 is 0 Å². The van der Waals surface area contributed by atoms with Crippen LogP contribution in [-0.2, 0) is 0 Å².